The zero-order valence-electron chi connectivity index (χ0n) is 11.4. The van der Waals surface area contributed by atoms with Gasteiger partial charge in [0.05, 0.1) is 0 Å². The van der Waals surface area contributed by atoms with E-state index in [1.54, 1.807) is 0 Å². The van der Waals surface area contributed by atoms with Crippen LogP contribution in [-0.2, 0) is 6.42 Å². The molecule has 2 rings (SSSR count). The second-order valence-electron chi connectivity index (χ2n) is 5.61. The number of oxime groups is 1. The number of rotatable bonds is 7. The Morgan fingerprint density at radius 2 is 2.16 bits per heavy atom. The molecule has 0 amide bonds. The highest BCUT2D eigenvalue weighted by molar-refractivity contribution is 5.80. The maximum absolute atomic E-state index is 8.66. The number of nitrogens with zero attached hydrogens (tertiary/aromatic N) is 3. The highest BCUT2D eigenvalue weighted by Gasteiger charge is 2.43. The quantitative estimate of drug-likeness (QED) is 0.338. The fourth-order valence-corrected chi connectivity index (χ4v) is 2.51. The van der Waals surface area contributed by atoms with Crippen LogP contribution in [0.5, 0.6) is 0 Å². The average Bonchev–Trinajstić information content (AvgIpc) is 3.16. The molecule has 1 heterocycles. The van der Waals surface area contributed by atoms with Crippen LogP contribution in [0.25, 0.3) is 0 Å². The Morgan fingerprint density at radius 1 is 1.47 bits per heavy atom. The van der Waals surface area contributed by atoms with E-state index in [2.05, 4.69) is 34.2 Å². The van der Waals surface area contributed by atoms with Crippen molar-refractivity contribution in [2.75, 3.05) is 20.1 Å². The summed E-state index contributed by atoms with van der Waals surface area (Å²) in [5, 5.41) is 11.7. The molecule has 1 aliphatic rings. The Morgan fingerprint density at radius 3 is 2.74 bits per heavy atom. The van der Waals surface area contributed by atoms with Crippen molar-refractivity contribution in [3.8, 4) is 0 Å². The number of hydrogen-bond acceptors (Lipinski definition) is 4. The van der Waals surface area contributed by atoms with Crippen molar-refractivity contribution >= 4 is 5.84 Å². The summed E-state index contributed by atoms with van der Waals surface area (Å²) in [6, 6.07) is 4.11. The van der Waals surface area contributed by atoms with E-state index in [-0.39, 0.29) is 5.41 Å². The van der Waals surface area contributed by atoms with Gasteiger partial charge in [-0.05, 0) is 49.4 Å². The summed E-state index contributed by atoms with van der Waals surface area (Å²) in [5.74, 6) is 0.347. The van der Waals surface area contributed by atoms with Gasteiger partial charge in [-0.2, -0.15) is 0 Å². The van der Waals surface area contributed by atoms with Crippen LogP contribution in [0.1, 0.15) is 24.8 Å². The minimum Gasteiger partial charge on any atom is -0.409 e. The van der Waals surface area contributed by atoms with E-state index in [1.165, 1.54) is 18.4 Å². The molecule has 0 aromatic carbocycles. The third kappa shape index (κ3) is 4.21. The van der Waals surface area contributed by atoms with E-state index >= 15 is 0 Å². The average molecular weight is 262 g/mol. The fourth-order valence-electron chi connectivity index (χ4n) is 2.51. The molecule has 1 aliphatic carbocycles. The number of nitrogens with two attached hydrogens (primary N) is 1. The molecule has 5 heteroatoms. The summed E-state index contributed by atoms with van der Waals surface area (Å²) in [5.41, 5.74) is 7.16. The predicted octanol–water partition coefficient (Wildman–Crippen LogP) is 1.47. The molecule has 1 saturated carbocycles. The van der Waals surface area contributed by atoms with Gasteiger partial charge in [-0.15, -0.1) is 0 Å². The summed E-state index contributed by atoms with van der Waals surface area (Å²) >= 11 is 0. The van der Waals surface area contributed by atoms with Crippen molar-refractivity contribution in [2.24, 2.45) is 16.3 Å². The first-order valence-electron chi connectivity index (χ1n) is 6.67. The van der Waals surface area contributed by atoms with E-state index in [4.69, 9.17) is 10.9 Å². The number of likely N-dealkylation sites (N-methyl/N-ethyl adjacent to an activating group) is 1. The fraction of sp³-hybridized carbons (Fsp3) is 0.571. The highest BCUT2D eigenvalue weighted by Crippen LogP contribution is 2.49. The Hall–Kier alpha value is -1.62. The van der Waals surface area contributed by atoms with Crippen molar-refractivity contribution in [3.63, 3.8) is 0 Å². The largest absolute Gasteiger partial charge is 0.409 e. The van der Waals surface area contributed by atoms with Gasteiger partial charge >= 0.3 is 0 Å². The first kappa shape index (κ1) is 13.8. The lowest BCUT2D eigenvalue weighted by molar-refractivity contribution is 0.265. The molecule has 0 radical (unpaired) electrons. The molecule has 0 spiro atoms. The molecule has 19 heavy (non-hydrogen) atoms. The Kier molecular flexibility index (Phi) is 4.37. The number of pyridine rings is 1. The van der Waals surface area contributed by atoms with Crippen molar-refractivity contribution < 1.29 is 5.21 Å². The SMILES string of the molecule is CN(CCc1ccncc1)CC1(CC(N)=NO)CC1. The maximum Gasteiger partial charge on any atom is 0.139 e. The van der Waals surface area contributed by atoms with E-state index in [0.29, 0.717) is 12.3 Å². The molecule has 1 fully saturated rings. The van der Waals surface area contributed by atoms with Gasteiger partial charge in [0.2, 0.25) is 0 Å². The van der Waals surface area contributed by atoms with E-state index in [1.807, 2.05) is 12.4 Å². The summed E-state index contributed by atoms with van der Waals surface area (Å²) < 4.78 is 0. The summed E-state index contributed by atoms with van der Waals surface area (Å²) in [4.78, 5) is 6.35. The van der Waals surface area contributed by atoms with Crippen LogP contribution in [-0.4, -0.2) is 41.1 Å². The first-order chi connectivity index (χ1) is 9.13. The minimum absolute atomic E-state index is 0.239. The Bertz CT molecular complexity index is 428. The second kappa shape index (κ2) is 6.02. The third-order valence-electron chi connectivity index (χ3n) is 3.78. The van der Waals surface area contributed by atoms with Crippen LogP contribution < -0.4 is 5.73 Å². The van der Waals surface area contributed by atoms with Crippen molar-refractivity contribution in [1.29, 1.82) is 0 Å². The molecule has 0 aliphatic heterocycles. The van der Waals surface area contributed by atoms with E-state index in [9.17, 15) is 0 Å². The van der Waals surface area contributed by atoms with Gasteiger partial charge in [-0.1, -0.05) is 5.16 Å². The molecular weight excluding hydrogens is 240 g/mol. The zero-order valence-corrected chi connectivity index (χ0v) is 11.4. The molecule has 0 atom stereocenters. The van der Waals surface area contributed by atoms with Crippen molar-refractivity contribution in [2.45, 2.75) is 25.7 Å². The molecule has 5 nitrogen and oxygen atoms in total. The molecular formula is C14H22N4O. The molecule has 104 valence electrons. The van der Waals surface area contributed by atoms with Crippen LogP contribution in [0.3, 0.4) is 0 Å². The summed E-state index contributed by atoms with van der Waals surface area (Å²) in [6.07, 6.45) is 7.72. The summed E-state index contributed by atoms with van der Waals surface area (Å²) in [6.45, 7) is 2.02. The Balaban J connectivity index is 1.77. The first-order valence-corrected chi connectivity index (χ1v) is 6.67. The van der Waals surface area contributed by atoms with Crippen LogP contribution >= 0.6 is 0 Å². The van der Waals surface area contributed by atoms with Gasteiger partial charge in [0.15, 0.2) is 0 Å². The highest BCUT2D eigenvalue weighted by atomic mass is 16.4. The topological polar surface area (TPSA) is 74.7 Å². The van der Waals surface area contributed by atoms with E-state index in [0.717, 1.165) is 19.5 Å². The standard InChI is InChI=1S/C14H22N4O/c1-18(9-4-12-2-7-16-8-3-12)11-14(5-6-14)10-13(15)17-19/h2-3,7-8,19H,4-6,9-11H2,1H3,(H2,15,17). The molecule has 0 saturated heterocycles. The van der Waals surface area contributed by atoms with E-state index < -0.39 is 0 Å². The molecule has 1 aromatic heterocycles. The molecule has 3 N–H and O–H groups in total. The van der Waals surface area contributed by atoms with Crippen molar-refractivity contribution in [3.05, 3.63) is 30.1 Å². The predicted molar refractivity (Wildman–Crippen MR) is 75.1 cm³/mol. The smallest absolute Gasteiger partial charge is 0.139 e. The number of amidine groups is 1. The lowest BCUT2D eigenvalue weighted by Crippen LogP contribution is -2.31. The summed E-state index contributed by atoms with van der Waals surface area (Å²) in [7, 11) is 2.13. The maximum atomic E-state index is 8.66. The van der Waals surface area contributed by atoms with Gasteiger partial charge in [0.25, 0.3) is 0 Å². The van der Waals surface area contributed by atoms with Gasteiger partial charge < -0.3 is 15.8 Å². The van der Waals surface area contributed by atoms with Crippen LogP contribution in [0, 0.1) is 5.41 Å². The zero-order chi connectivity index (χ0) is 13.7. The normalized spacial score (nSPS) is 17.7. The van der Waals surface area contributed by atoms with Crippen molar-refractivity contribution in [1.82, 2.24) is 9.88 Å². The monoisotopic (exact) mass is 262 g/mol. The van der Waals surface area contributed by atoms with Gasteiger partial charge in [-0.3, -0.25) is 4.98 Å². The molecule has 1 aromatic rings. The van der Waals surface area contributed by atoms with Gasteiger partial charge in [0.1, 0.15) is 5.84 Å². The van der Waals surface area contributed by atoms with Crippen LogP contribution in [0.2, 0.25) is 0 Å². The van der Waals surface area contributed by atoms with Gasteiger partial charge in [-0.25, -0.2) is 0 Å². The van der Waals surface area contributed by atoms with Crippen LogP contribution in [0.15, 0.2) is 29.7 Å². The lowest BCUT2D eigenvalue weighted by atomic mass is 10.0. The number of aromatic nitrogens is 1. The lowest BCUT2D eigenvalue weighted by Gasteiger charge is -2.23. The van der Waals surface area contributed by atoms with Gasteiger partial charge in [0, 0.05) is 31.9 Å². The number of hydrogen-bond donors (Lipinski definition) is 2. The molecule has 0 unspecified atom stereocenters. The Labute approximate surface area is 114 Å². The molecule has 0 bridgehead atoms. The second-order valence-corrected chi connectivity index (χ2v) is 5.61. The third-order valence-corrected chi connectivity index (χ3v) is 3.78. The van der Waals surface area contributed by atoms with Crippen LogP contribution in [0.4, 0.5) is 0 Å². The minimum atomic E-state index is 0.239.